The lowest BCUT2D eigenvalue weighted by molar-refractivity contribution is -0.124. The van der Waals surface area contributed by atoms with E-state index in [4.69, 9.17) is 0 Å². The molecule has 0 aliphatic carbocycles. The zero-order valence-electron chi connectivity index (χ0n) is 14.9. The van der Waals surface area contributed by atoms with Gasteiger partial charge in [0, 0.05) is 5.56 Å². The lowest BCUT2D eigenvalue weighted by Gasteiger charge is -2.24. The Kier molecular flexibility index (Phi) is 6.44. The van der Waals surface area contributed by atoms with Gasteiger partial charge in [-0.25, -0.2) is 8.78 Å². The minimum atomic E-state index is -0.754. The Morgan fingerprint density at radius 3 is 1.81 bits per heavy atom. The van der Waals surface area contributed by atoms with Crippen LogP contribution in [0.2, 0.25) is 0 Å². The lowest BCUT2D eigenvalue weighted by Crippen LogP contribution is -2.50. The number of amides is 2. The maximum Gasteiger partial charge on any atom is 0.251 e. The van der Waals surface area contributed by atoms with Crippen molar-refractivity contribution in [3.8, 4) is 0 Å². The van der Waals surface area contributed by atoms with Crippen LogP contribution >= 0.6 is 0 Å². The first-order valence-electron chi connectivity index (χ1n) is 8.40. The van der Waals surface area contributed by atoms with E-state index in [1.54, 1.807) is 19.1 Å². The second-order valence-corrected chi connectivity index (χ2v) is 6.48. The SMILES string of the molecule is CC(NC(=O)[C@@H](NC(=O)c1ccc(F)cc1)C(C)C)c1ccc(F)cc1. The van der Waals surface area contributed by atoms with Gasteiger partial charge in [-0.05, 0) is 54.8 Å². The molecular weight excluding hydrogens is 338 g/mol. The molecule has 6 heteroatoms. The largest absolute Gasteiger partial charge is 0.348 e. The Hall–Kier alpha value is -2.76. The number of carbonyl (C=O) groups is 2. The highest BCUT2D eigenvalue weighted by Crippen LogP contribution is 2.14. The molecular formula is C20H22F2N2O2. The minimum absolute atomic E-state index is 0.153. The van der Waals surface area contributed by atoms with Crippen LogP contribution in [-0.2, 0) is 4.79 Å². The number of hydrogen-bond donors (Lipinski definition) is 2. The fraction of sp³-hybridized carbons (Fsp3) is 0.300. The molecule has 0 fully saturated rings. The molecule has 2 rings (SSSR count). The summed E-state index contributed by atoms with van der Waals surface area (Å²) in [6.45, 7) is 5.42. The summed E-state index contributed by atoms with van der Waals surface area (Å²) in [7, 11) is 0. The van der Waals surface area contributed by atoms with Crippen LogP contribution in [0.5, 0.6) is 0 Å². The molecule has 0 heterocycles. The predicted molar refractivity (Wildman–Crippen MR) is 95.4 cm³/mol. The van der Waals surface area contributed by atoms with Crippen LogP contribution < -0.4 is 10.6 Å². The van der Waals surface area contributed by atoms with Crippen LogP contribution in [-0.4, -0.2) is 17.9 Å². The fourth-order valence-corrected chi connectivity index (χ4v) is 2.50. The third kappa shape index (κ3) is 5.12. The summed E-state index contributed by atoms with van der Waals surface area (Å²) in [4.78, 5) is 24.9. The normalized spacial score (nSPS) is 13.2. The summed E-state index contributed by atoms with van der Waals surface area (Å²) in [6, 6.07) is 9.86. The van der Waals surface area contributed by atoms with Crippen molar-refractivity contribution < 1.29 is 18.4 Å². The molecule has 0 bridgehead atoms. The number of halogens is 2. The summed E-state index contributed by atoms with van der Waals surface area (Å²) >= 11 is 0. The highest BCUT2D eigenvalue weighted by atomic mass is 19.1. The molecule has 26 heavy (non-hydrogen) atoms. The van der Waals surface area contributed by atoms with Crippen LogP contribution in [0, 0.1) is 17.6 Å². The molecule has 2 aromatic rings. The van der Waals surface area contributed by atoms with E-state index in [1.165, 1.54) is 36.4 Å². The van der Waals surface area contributed by atoms with Crippen molar-refractivity contribution in [3.63, 3.8) is 0 Å². The van der Waals surface area contributed by atoms with Crippen LogP contribution in [0.15, 0.2) is 48.5 Å². The van der Waals surface area contributed by atoms with Crippen molar-refractivity contribution in [2.75, 3.05) is 0 Å². The average Bonchev–Trinajstić information content (AvgIpc) is 2.60. The first-order valence-corrected chi connectivity index (χ1v) is 8.40. The van der Waals surface area contributed by atoms with Gasteiger partial charge in [-0.3, -0.25) is 9.59 Å². The lowest BCUT2D eigenvalue weighted by atomic mass is 10.0. The van der Waals surface area contributed by atoms with Crippen molar-refractivity contribution in [1.29, 1.82) is 0 Å². The van der Waals surface area contributed by atoms with Gasteiger partial charge in [-0.15, -0.1) is 0 Å². The van der Waals surface area contributed by atoms with E-state index < -0.39 is 17.8 Å². The van der Waals surface area contributed by atoms with E-state index in [2.05, 4.69) is 10.6 Å². The van der Waals surface area contributed by atoms with Crippen LogP contribution in [0.25, 0.3) is 0 Å². The maximum absolute atomic E-state index is 13.0. The molecule has 4 nitrogen and oxygen atoms in total. The van der Waals surface area contributed by atoms with Gasteiger partial charge in [0.1, 0.15) is 17.7 Å². The summed E-state index contributed by atoms with van der Waals surface area (Å²) in [6.07, 6.45) is 0. The van der Waals surface area contributed by atoms with E-state index in [-0.39, 0.29) is 29.2 Å². The molecule has 2 amide bonds. The van der Waals surface area contributed by atoms with Gasteiger partial charge in [0.2, 0.25) is 5.91 Å². The van der Waals surface area contributed by atoms with Gasteiger partial charge in [0.15, 0.2) is 0 Å². The Labute approximate surface area is 151 Å². The van der Waals surface area contributed by atoms with Gasteiger partial charge in [-0.2, -0.15) is 0 Å². The topological polar surface area (TPSA) is 58.2 Å². The molecule has 0 saturated heterocycles. The highest BCUT2D eigenvalue weighted by molar-refractivity contribution is 5.97. The molecule has 0 radical (unpaired) electrons. The second kappa shape index (κ2) is 8.56. The van der Waals surface area contributed by atoms with Gasteiger partial charge >= 0.3 is 0 Å². The van der Waals surface area contributed by atoms with Crippen molar-refractivity contribution >= 4 is 11.8 Å². The first kappa shape index (κ1) is 19.6. The zero-order chi connectivity index (χ0) is 19.3. The number of rotatable bonds is 6. The maximum atomic E-state index is 13.0. The van der Waals surface area contributed by atoms with Crippen molar-refractivity contribution in [3.05, 3.63) is 71.3 Å². The zero-order valence-corrected chi connectivity index (χ0v) is 14.9. The van der Waals surface area contributed by atoms with Crippen LogP contribution in [0.1, 0.15) is 42.7 Å². The number of carbonyl (C=O) groups excluding carboxylic acids is 2. The quantitative estimate of drug-likeness (QED) is 0.827. The molecule has 0 saturated carbocycles. The third-order valence-corrected chi connectivity index (χ3v) is 4.07. The fourth-order valence-electron chi connectivity index (χ4n) is 2.50. The molecule has 2 atom stereocenters. The van der Waals surface area contributed by atoms with E-state index in [1.807, 2.05) is 13.8 Å². The molecule has 138 valence electrons. The Morgan fingerprint density at radius 1 is 0.808 bits per heavy atom. The first-order chi connectivity index (χ1) is 12.3. The van der Waals surface area contributed by atoms with E-state index in [0.29, 0.717) is 0 Å². The summed E-state index contributed by atoms with van der Waals surface area (Å²) in [5, 5.41) is 5.51. The van der Waals surface area contributed by atoms with Gasteiger partial charge < -0.3 is 10.6 Å². The van der Waals surface area contributed by atoms with E-state index in [0.717, 1.165) is 5.56 Å². The molecule has 2 aromatic carbocycles. The summed E-state index contributed by atoms with van der Waals surface area (Å²) in [5.41, 5.74) is 1.03. The van der Waals surface area contributed by atoms with Crippen LogP contribution in [0.4, 0.5) is 8.78 Å². The molecule has 0 aromatic heterocycles. The Balaban J connectivity index is 2.05. The molecule has 0 aliphatic heterocycles. The van der Waals surface area contributed by atoms with Crippen molar-refractivity contribution in [2.45, 2.75) is 32.9 Å². The summed E-state index contributed by atoms with van der Waals surface area (Å²) < 4.78 is 26.0. The predicted octanol–water partition coefficient (Wildman–Crippen LogP) is 3.60. The van der Waals surface area contributed by atoms with Crippen molar-refractivity contribution in [2.24, 2.45) is 5.92 Å². The van der Waals surface area contributed by atoms with Crippen molar-refractivity contribution in [1.82, 2.24) is 10.6 Å². The third-order valence-electron chi connectivity index (χ3n) is 4.07. The Morgan fingerprint density at radius 2 is 1.31 bits per heavy atom. The number of hydrogen-bond acceptors (Lipinski definition) is 2. The molecule has 0 aliphatic rings. The number of nitrogens with one attached hydrogen (secondary N) is 2. The average molecular weight is 360 g/mol. The monoisotopic (exact) mass is 360 g/mol. The summed E-state index contributed by atoms with van der Waals surface area (Å²) in [5.74, 6) is -1.73. The molecule has 1 unspecified atom stereocenters. The highest BCUT2D eigenvalue weighted by Gasteiger charge is 2.26. The van der Waals surface area contributed by atoms with Gasteiger partial charge in [0.25, 0.3) is 5.91 Å². The number of benzene rings is 2. The van der Waals surface area contributed by atoms with E-state index in [9.17, 15) is 18.4 Å². The smallest absolute Gasteiger partial charge is 0.251 e. The van der Waals surface area contributed by atoms with E-state index >= 15 is 0 Å². The standard InChI is InChI=1S/C20H22F2N2O2/c1-12(2)18(24-19(25)15-6-10-17(22)11-7-15)20(26)23-13(3)14-4-8-16(21)9-5-14/h4-13,18H,1-3H3,(H,23,26)(H,24,25)/t13?,18-/m0/s1. The molecule has 2 N–H and O–H groups in total. The van der Waals surface area contributed by atoms with Crippen LogP contribution in [0.3, 0.4) is 0 Å². The minimum Gasteiger partial charge on any atom is -0.348 e. The Bertz CT molecular complexity index is 758. The van der Waals surface area contributed by atoms with Gasteiger partial charge in [-0.1, -0.05) is 26.0 Å². The molecule has 0 spiro atoms. The van der Waals surface area contributed by atoms with Gasteiger partial charge in [0.05, 0.1) is 6.04 Å². The second-order valence-electron chi connectivity index (χ2n) is 6.48.